The van der Waals surface area contributed by atoms with Gasteiger partial charge in [0.15, 0.2) is 12.1 Å². The first-order valence-corrected chi connectivity index (χ1v) is 13.8. The van der Waals surface area contributed by atoms with Crippen LogP contribution in [0.25, 0.3) is 0 Å². The maximum Gasteiger partial charge on any atom is 0.190 e. The van der Waals surface area contributed by atoms with Crippen molar-refractivity contribution in [3.05, 3.63) is 66.2 Å². The first kappa shape index (κ1) is 24.1. The molecule has 0 radical (unpaired) electrons. The van der Waals surface area contributed by atoms with Crippen LogP contribution in [0.4, 0.5) is 0 Å². The van der Waals surface area contributed by atoms with E-state index >= 15 is 0 Å². The van der Waals surface area contributed by atoms with Gasteiger partial charge in [-0.25, -0.2) is 0 Å². The highest BCUT2D eigenvalue weighted by Crippen LogP contribution is 2.58. The molecule has 0 spiro atoms. The van der Waals surface area contributed by atoms with Crippen molar-refractivity contribution >= 4 is 12.4 Å². The highest BCUT2D eigenvalue weighted by Gasteiger charge is 2.56. The van der Waals surface area contributed by atoms with E-state index in [2.05, 4.69) is 0 Å². The first-order chi connectivity index (χ1) is 16.4. The first-order valence-electron chi connectivity index (χ1n) is 11.8. The summed E-state index contributed by atoms with van der Waals surface area (Å²) in [6.45, 7) is 4.37. The van der Waals surface area contributed by atoms with Gasteiger partial charge in [-0.15, -0.1) is 0 Å². The van der Waals surface area contributed by atoms with Gasteiger partial charge < -0.3 is 33.0 Å². The predicted octanol–water partition coefficient (Wildman–Crippen LogP) is 3.90. The van der Waals surface area contributed by atoms with Gasteiger partial charge in [-0.1, -0.05) is 60.7 Å². The van der Waals surface area contributed by atoms with Gasteiger partial charge in [-0.3, -0.25) is 0 Å². The van der Waals surface area contributed by atoms with Crippen LogP contribution in [0, 0.1) is 0 Å². The molecule has 184 valence electrons. The summed E-state index contributed by atoms with van der Waals surface area (Å²) in [6.07, 6.45) is -0.684. The summed E-state index contributed by atoms with van der Waals surface area (Å²) in [5, 5.41) is 0.828. The van der Waals surface area contributed by atoms with Crippen LogP contribution >= 0.6 is 7.14 Å². The number of fused-ring (bicyclic) bond motifs is 1. The molecule has 7 atom stereocenters. The van der Waals surface area contributed by atoms with Gasteiger partial charge in [0.1, 0.15) is 31.3 Å². The summed E-state index contributed by atoms with van der Waals surface area (Å²) in [4.78, 5) is 0. The molecule has 3 aliphatic heterocycles. The molecule has 0 aromatic heterocycles. The molecular weight excluding hydrogens is 455 g/mol. The Kier molecular flexibility index (Phi) is 6.97. The van der Waals surface area contributed by atoms with Crippen LogP contribution in [-0.4, -0.2) is 62.2 Å². The summed E-state index contributed by atoms with van der Waals surface area (Å²) < 4.78 is 50.7. The molecule has 0 amide bonds. The van der Waals surface area contributed by atoms with E-state index in [0.29, 0.717) is 19.2 Å². The van der Waals surface area contributed by atoms with E-state index in [1.165, 1.54) is 0 Å². The molecule has 3 heterocycles. The number of hydrogen-bond donors (Lipinski definition) is 0. The van der Waals surface area contributed by atoms with Gasteiger partial charge >= 0.3 is 0 Å². The molecule has 2 aromatic carbocycles. The summed E-state index contributed by atoms with van der Waals surface area (Å²) in [6, 6.07) is 19.6. The topological polar surface area (TPSA) is 72.5 Å². The molecule has 5 rings (SSSR count). The zero-order valence-corrected chi connectivity index (χ0v) is 20.8. The standard InChI is InChI=1S/C26H33O7P/c1-26(2)32-23-22(29-16-18-10-6-4-7-11-18)21(31-24(23)33-26)17-30-25-20(28-3)14-15-34(25,27)19-12-8-5-9-13-19/h4-13,20-25H,14-17H2,1-3H3/t20-,21-,22+,23-,24-,25-,34-/m0/s1. The molecule has 3 saturated heterocycles. The summed E-state index contributed by atoms with van der Waals surface area (Å²) >= 11 is 0. The fourth-order valence-electron chi connectivity index (χ4n) is 5.12. The van der Waals surface area contributed by atoms with Crippen molar-refractivity contribution in [2.24, 2.45) is 0 Å². The van der Waals surface area contributed by atoms with E-state index in [0.717, 1.165) is 10.9 Å². The largest absolute Gasteiger partial charge is 0.378 e. The zero-order valence-electron chi connectivity index (χ0n) is 19.9. The lowest BCUT2D eigenvalue weighted by molar-refractivity contribution is -0.226. The van der Waals surface area contributed by atoms with Crippen LogP contribution in [0.15, 0.2) is 60.7 Å². The van der Waals surface area contributed by atoms with Crippen LogP contribution in [0.2, 0.25) is 0 Å². The molecule has 8 heteroatoms. The highest BCUT2D eigenvalue weighted by atomic mass is 31.2. The SMILES string of the molecule is CO[C@H]1CC[P@](=O)(c2ccccc2)[C@@H]1OC[C@@H]1O[C@H]2OC(C)(C)O[C@H]2[C@@H]1OCc1ccccc1. The molecule has 3 aliphatic rings. The number of rotatable bonds is 8. The van der Waals surface area contributed by atoms with Crippen LogP contribution < -0.4 is 5.30 Å². The monoisotopic (exact) mass is 488 g/mol. The molecule has 2 aromatic rings. The normalized spacial score (nSPS) is 36.6. The van der Waals surface area contributed by atoms with Crippen LogP contribution in [0.1, 0.15) is 25.8 Å². The molecule has 0 N–H and O–H groups in total. The van der Waals surface area contributed by atoms with Gasteiger partial charge in [0, 0.05) is 18.6 Å². The van der Waals surface area contributed by atoms with Crippen LogP contribution in [0.3, 0.4) is 0 Å². The Labute approximate surface area is 201 Å². The zero-order chi connectivity index (χ0) is 23.8. The van der Waals surface area contributed by atoms with E-state index < -0.39 is 31.2 Å². The minimum atomic E-state index is -2.80. The maximum absolute atomic E-state index is 14.1. The average Bonchev–Trinajstić information content (AvgIpc) is 3.44. The third-order valence-corrected chi connectivity index (χ3v) is 10.2. The lowest BCUT2D eigenvalue weighted by Gasteiger charge is -2.29. The number of ether oxygens (including phenoxy) is 6. The van der Waals surface area contributed by atoms with Gasteiger partial charge in [0.2, 0.25) is 0 Å². The third kappa shape index (κ3) is 4.76. The maximum atomic E-state index is 14.1. The van der Waals surface area contributed by atoms with Crippen molar-refractivity contribution in [1.82, 2.24) is 0 Å². The molecular formula is C26H33O7P. The van der Waals surface area contributed by atoms with E-state index in [-0.39, 0.29) is 24.9 Å². The van der Waals surface area contributed by atoms with E-state index in [9.17, 15) is 4.57 Å². The van der Waals surface area contributed by atoms with Gasteiger partial charge in [-0.2, -0.15) is 0 Å². The molecule has 0 saturated carbocycles. The smallest absolute Gasteiger partial charge is 0.190 e. The fourth-order valence-corrected chi connectivity index (χ4v) is 8.37. The van der Waals surface area contributed by atoms with Crippen molar-refractivity contribution < 1.29 is 33.0 Å². The lowest BCUT2D eigenvalue weighted by atomic mass is 10.1. The highest BCUT2D eigenvalue weighted by molar-refractivity contribution is 7.72. The summed E-state index contributed by atoms with van der Waals surface area (Å²) in [5.74, 6) is -1.28. The Hall–Kier alpha value is -1.57. The Balaban J connectivity index is 1.32. The molecule has 7 nitrogen and oxygen atoms in total. The third-order valence-electron chi connectivity index (χ3n) is 6.77. The minimum absolute atomic E-state index is 0.209. The molecule has 0 unspecified atom stereocenters. The quantitative estimate of drug-likeness (QED) is 0.522. The van der Waals surface area contributed by atoms with Gasteiger partial charge in [-0.05, 0) is 25.8 Å². The van der Waals surface area contributed by atoms with E-state index in [4.69, 9.17) is 28.4 Å². The second kappa shape index (κ2) is 9.82. The predicted molar refractivity (Wildman–Crippen MR) is 127 cm³/mol. The Morgan fingerprint density at radius 1 is 1.00 bits per heavy atom. The fraction of sp³-hybridized carbons (Fsp3) is 0.538. The Morgan fingerprint density at radius 2 is 1.71 bits per heavy atom. The van der Waals surface area contributed by atoms with Crippen LogP contribution in [-0.2, 0) is 39.6 Å². The summed E-state index contributed by atoms with van der Waals surface area (Å²) in [7, 11) is -1.15. The van der Waals surface area contributed by atoms with E-state index in [1.807, 2.05) is 74.5 Å². The minimum Gasteiger partial charge on any atom is -0.378 e. The second-order valence-electron chi connectivity index (χ2n) is 9.55. The Morgan fingerprint density at radius 3 is 2.41 bits per heavy atom. The van der Waals surface area contributed by atoms with Crippen LogP contribution in [0.5, 0.6) is 0 Å². The summed E-state index contributed by atoms with van der Waals surface area (Å²) in [5.41, 5.74) is 1.06. The molecule has 0 aliphatic carbocycles. The van der Waals surface area contributed by atoms with E-state index in [1.54, 1.807) is 7.11 Å². The molecule has 0 bridgehead atoms. The number of hydrogen-bond acceptors (Lipinski definition) is 7. The Bertz CT molecular complexity index is 999. The van der Waals surface area contributed by atoms with Crippen molar-refractivity contribution in [3.63, 3.8) is 0 Å². The number of benzene rings is 2. The van der Waals surface area contributed by atoms with Crippen molar-refractivity contribution in [3.8, 4) is 0 Å². The molecule has 3 fully saturated rings. The van der Waals surface area contributed by atoms with Gasteiger partial charge in [0.05, 0.1) is 19.3 Å². The number of methoxy groups -OCH3 is 1. The van der Waals surface area contributed by atoms with Crippen molar-refractivity contribution in [2.75, 3.05) is 19.9 Å². The lowest BCUT2D eigenvalue weighted by Crippen LogP contribution is -2.40. The van der Waals surface area contributed by atoms with Crippen molar-refractivity contribution in [2.45, 2.75) is 69.2 Å². The van der Waals surface area contributed by atoms with Crippen molar-refractivity contribution in [1.29, 1.82) is 0 Å². The van der Waals surface area contributed by atoms with Gasteiger partial charge in [0.25, 0.3) is 0 Å². The average molecular weight is 489 g/mol. The second-order valence-corrected chi connectivity index (χ2v) is 12.6. The molecule has 34 heavy (non-hydrogen) atoms.